The highest BCUT2D eigenvalue weighted by Gasteiger charge is 2.20. The van der Waals surface area contributed by atoms with Gasteiger partial charge in [-0.1, -0.05) is 47.5 Å². The molecule has 3 aromatic carbocycles. The highest BCUT2D eigenvalue weighted by Crippen LogP contribution is 2.24. The lowest BCUT2D eigenvalue weighted by Crippen LogP contribution is -2.24. The largest absolute Gasteiger partial charge is 0.321 e. The van der Waals surface area contributed by atoms with Crippen molar-refractivity contribution < 1.29 is 17.6 Å². The van der Waals surface area contributed by atoms with Crippen LogP contribution in [-0.4, -0.2) is 14.3 Å². The summed E-state index contributed by atoms with van der Waals surface area (Å²) >= 11 is 0. The SMILES string of the molecule is Cc1ccc(CNS(=O)(=O)c2ccc(F)c(C(=O)Nc3c(C)cc(C)cc3C)c2)cc1. The Balaban J connectivity index is 1.83. The van der Waals surface area contributed by atoms with E-state index in [2.05, 4.69) is 10.0 Å². The third-order valence-electron chi connectivity index (χ3n) is 5.00. The molecule has 31 heavy (non-hydrogen) atoms. The molecule has 0 saturated carbocycles. The molecule has 0 aliphatic heterocycles. The zero-order valence-electron chi connectivity index (χ0n) is 17.9. The molecule has 0 radical (unpaired) electrons. The summed E-state index contributed by atoms with van der Waals surface area (Å²) in [6.45, 7) is 7.68. The molecule has 0 aliphatic rings. The average molecular weight is 441 g/mol. The Labute approximate surface area is 182 Å². The van der Waals surface area contributed by atoms with Gasteiger partial charge in [0.25, 0.3) is 5.91 Å². The second kappa shape index (κ2) is 8.99. The van der Waals surface area contributed by atoms with Gasteiger partial charge in [0.2, 0.25) is 10.0 Å². The molecule has 0 aliphatic carbocycles. The molecule has 0 bridgehead atoms. The van der Waals surface area contributed by atoms with Gasteiger partial charge in [0.05, 0.1) is 10.5 Å². The number of sulfonamides is 1. The van der Waals surface area contributed by atoms with Crippen LogP contribution < -0.4 is 10.0 Å². The molecule has 162 valence electrons. The number of halogens is 1. The molecule has 3 rings (SSSR count). The fourth-order valence-electron chi connectivity index (χ4n) is 3.37. The summed E-state index contributed by atoms with van der Waals surface area (Å²) in [5.41, 5.74) is 4.84. The van der Waals surface area contributed by atoms with Gasteiger partial charge in [0.15, 0.2) is 0 Å². The van der Waals surface area contributed by atoms with Gasteiger partial charge in [-0.15, -0.1) is 0 Å². The molecule has 7 heteroatoms. The first-order valence-electron chi connectivity index (χ1n) is 9.81. The lowest BCUT2D eigenvalue weighted by Gasteiger charge is -2.14. The van der Waals surface area contributed by atoms with E-state index in [0.717, 1.165) is 46.0 Å². The summed E-state index contributed by atoms with van der Waals surface area (Å²) in [7, 11) is -3.93. The van der Waals surface area contributed by atoms with Crippen LogP contribution in [0.3, 0.4) is 0 Å². The molecule has 0 unspecified atom stereocenters. The maximum atomic E-state index is 14.4. The Hall–Kier alpha value is -3.03. The van der Waals surface area contributed by atoms with Crippen molar-refractivity contribution >= 4 is 21.6 Å². The number of carbonyl (C=O) groups excluding carboxylic acids is 1. The number of aryl methyl sites for hydroxylation is 4. The van der Waals surface area contributed by atoms with Gasteiger partial charge >= 0.3 is 0 Å². The van der Waals surface area contributed by atoms with Crippen LogP contribution in [0.4, 0.5) is 10.1 Å². The molecule has 5 nitrogen and oxygen atoms in total. The number of nitrogens with one attached hydrogen (secondary N) is 2. The van der Waals surface area contributed by atoms with Crippen LogP contribution in [0.25, 0.3) is 0 Å². The van der Waals surface area contributed by atoms with E-state index in [-0.39, 0.29) is 17.0 Å². The van der Waals surface area contributed by atoms with E-state index in [0.29, 0.717) is 5.69 Å². The van der Waals surface area contributed by atoms with E-state index in [4.69, 9.17) is 0 Å². The minimum absolute atomic E-state index is 0.0866. The molecular weight excluding hydrogens is 415 g/mol. The molecule has 0 fully saturated rings. The lowest BCUT2D eigenvalue weighted by atomic mass is 10.0. The number of carbonyl (C=O) groups is 1. The Bertz CT molecular complexity index is 1210. The molecule has 0 saturated heterocycles. The van der Waals surface area contributed by atoms with Crippen molar-refractivity contribution in [2.24, 2.45) is 0 Å². The van der Waals surface area contributed by atoms with Gasteiger partial charge in [-0.05, 0) is 62.6 Å². The summed E-state index contributed by atoms with van der Waals surface area (Å²) < 4.78 is 42.3. The third-order valence-corrected chi connectivity index (χ3v) is 6.39. The maximum absolute atomic E-state index is 14.4. The zero-order valence-corrected chi connectivity index (χ0v) is 18.7. The van der Waals surface area contributed by atoms with Crippen molar-refractivity contribution in [2.45, 2.75) is 39.1 Å². The van der Waals surface area contributed by atoms with Gasteiger partial charge in [-0.3, -0.25) is 4.79 Å². The topological polar surface area (TPSA) is 75.3 Å². The second-order valence-electron chi connectivity index (χ2n) is 7.68. The summed E-state index contributed by atoms with van der Waals surface area (Å²) in [6.07, 6.45) is 0. The number of hydrogen-bond donors (Lipinski definition) is 2. The molecule has 0 heterocycles. The van der Waals surface area contributed by atoms with Crippen molar-refractivity contribution in [1.29, 1.82) is 0 Å². The highest BCUT2D eigenvalue weighted by molar-refractivity contribution is 7.89. The molecule has 0 spiro atoms. The van der Waals surface area contributed by atoms with Crippen LogP contribution in [-0.2, 0) is 16.6 Å². The Kier molecular flexibility index (Phi) is 6.57. The van der Waals surface area contributed by atoms with E-state index >= 15 is 0 Å². The van der Waals surface area contributed by atoms with E-state index < -0.39 is 21.7 Å². The van der Waals surface area contributed by atoms with Crippen molar-refractivity contribution in [3.05, 3.63) is 93.8 Å². The average Bonchev–Trinajstić information content (AvgIpc) is 2.70. The number of anilines is 1. The van der Waals surface area contributed by atoms with Crippen molar-refractivity contribution in [3.63, 3.8) is 0 Å². The lowest BCUT2D eigenvalue weighted by molar-refractivity contribution is 0.102. The molecule has 2 N–H and O–H groups in total. The predicted octanol–water partition coefficient (Wildman–Crippen LogP) is 4.79. The van der Waals surface area contributed by atoms with Crippen LogP contribution in [0.2, 0.25) is 0 Å². The van der Waals surface area contributed by atoms with Gasteiger partial charge in [0, 0.05) is 12.2 Å². The standard InChI is InChI=1S/C24H25FN2O3S/c1-15-5-7-19(8-6-15)14-26-31(29,30)20-9-10-22(25)21(13-20)24(28)27-23-17(3)11-16(2)12-18(23)4/h5-13,26H,14H2,1-4H3,(H,27,28). The number of benzene rings is 3. The normalized spacial score (nSPS) is 11.4. The smallest absolute Gasteiger partial charge is 0.258 e. The third kappa shape index (κ3) is 5.37. The first kappa shape index (κ1) is 22.7. The van der Waals surface area contributed by atoms with Crippen LogP contribution in [0.1, 0.15) is 38.2 Å². The van der Waals surface area contributed by atoms with Crippen molar-refractivity contribution in [2.75, 3.05) is 5.32 Å². The van der Waals surface area contributed by atoms with Crippen LogP contribution in [0, 0.1) is 33.5 Å². The first-order chi connectivity index (χ1) is 14.6. The summed E-state index contributed by atoms with van der Waals surface area (Å²) in [5, 5.41) is 2.71. The second-order valence-corrected chi connectivity index (χ2v) is 9.45. The van der Waals surface area contributed by atoms with Gasteiger partial charge < -0.3 is 5.32 Å². The van der Waals surface area contributed by atoms with Crippen molar-refractivity contribution in [1.82, 2.24) is 4.72 Å². The minimum atomic E-state index is -3.93. The number of hydrogen-bond acceptors (Lipinski definition) is 3. The molecule has 0 aromatic heterocycles. The van der Waals surface area contributed by atoms with Crippen LogP contribution >= 0.6 is 0 Å². The monoisotopic (exact) mass is 440 g/mol. The van der Waals surface area contributed by atoms with Crippen LogP contribution in [0.5, 0.6) is 0 Å². The first-order valence-corrected chi connectivity index (χ1v) is 11.3. The summed E-state index contributed by atoms with van der Waals surface area (Å²) in [5.74, 6) is -1.50. The van der Waals surface area contributed by atoms with Gasteiger partial charge in [-0.25, -0.2) is 17.5 Å². The van der Waals surface area contributed by atoms with Gasteiger partial charge in [-0.2, -0.15) is 0 Å². The predicted molar refractivity (Wildman–Crippen MR) is 120 cm³/mol. The Morgan fingerprint density at radius 1 is 0.871 bits per heavy atom. The number of rotatable bonds is 6. The maximum Gasteiger partial charge on any atom is 0.258 e. The fourth-order valence-corrected chi connectivity index (χ4v) is 4.41. The van der Waals surface area contributed by atoms with Crippen molar-refractivity contribution in [3.8, 4) is 0 Å². The highest BCUT2D eigenvalue weighted by atomic mass is 32.2. The fraction of sp³-hybridized carbons (Fsp3) is 0.208. The Morgan fingerprint density at radius 3 is 2.10 bits per heavy atom. The van der Waals surface area contributed by atoms with E-state index in [1.807, 2.05) is 64.1 Å². The summed E-state index contributed by atoms with van der Waals surface area (Å²) in [4.78, 5) is 12.6. The van der Waals surface area contributed by atoms with E-state index in [9.17, 15) is 17.6 Å². The molecule has 0 atom stereocenters. The molecule has 1 amide bonds. The molecular formula is C24H25FN2O3S. The van der Waals surface area contributed by atoms with Gasteiger partial charge in [0.1, 0.15) is 5.82 Å². The summed E-state index contributed by atoms with van der Waals surface area (Å²) in [6, 6.07) is 14.4. The number of amides is 1. The quantitative estimate of drug-likeness (QED) is 0.579. The Morgan fingerprint density at radius 2 is 1.48 bits per heavy atom. The van der Waals surface area contributed by atoms with E-state index in [1.165, 1.54) is 0 Å². The zero-order chi connectivity index (χ0) is 22.8. The minimum Gasteiger partial charge on any atom is -0.321 e. The molecule has 3 aromatic rings. The van der Waals surface area contributed by atoms with E-state index in [1.54, 1.807) is 0 Å². The van der Waals surface area contributed by atoms with Crippen LogP contribution in [0.15, 0.2) is 59.5 Å².